The Kier molecular flexibility index (Phi) is 4.59. The van der Waals surface area contributed by atoms with E-state index >= 15 is 0 Å². The first-order valence-electron chi connectivity index (χ1n) is 9.26. The van der Waals surface area contributed by atoms with Crippen molar-refractivity contribution in [1.82, 2.24) is 24.5 Å². The van der Waals surface area contributed by atoms with Gasteiger partial charge in [-0.3, -0.25) is 4.79 Å². The lowest BCUT2D eigenvalue weighted by molar-refractivity contribution is -0.134. The lowest BCUT2D eigenvalue weighted by Crippen LogP contribution is -2.39. The number of amides is 1. The predicted molar refractivity (Wildman–Crippen MR) is 98.7 cm³/mol. The molecule has 3 heterocycles. The van der Waals surface area contributed by atoms with E-state index in [0.717, 1.165) is 36.2 Å². The van der Waals surface area contributed by atoms with E-state index in [1.807, 2.05) is 30.9 Å². The van der Waals surface area contributed by atoms with Gasteiger partial charge in [0.25, 0.3) is 5.78 Å². The van der Waals surface area contributed by atoms with Crippen LogP contribution in [0.15, 0.2) is 30.3 Å². The number of halogens is 1. The fraction of sp³-hybridized carbons (Fsp3) is 0.400. The largest absolute Gasteiger partial charge is 0.335 e. The number of carbonyl (C=O) groups excluding carboxylic acids is 1. The second-order valence-corrected chi connectivity index (χ2v) is 7.11. The van der Waals surface area contributed by atoms with Crippen molar-refractivity contribution in [3.05, 3.63) is 58.9 Å². The van der Waals surface area contributed by atoms with Gasteiger partial charge >= 0.3 is 0 Å². The van der Waals surface area contributed by atoms with Crippen molar-refractivity contribution >= 4 is 11.7 Å². The molecule has 140 valence electrons. The first-order chi connectivity index (χ1) is 13.0. The average molecular weight is 367 g/mol. The van der Waals surface area contributed by atoms with Crippen molar-refractivity contribution in [2.75, 3.05) is 6.54 Å². The zero-order chi connectivity index (χ0) is 19.0. The minimum Gasteiger partial charge on any atom is -0.335 e. The van der Waals surface area contributed by atoms with Crippen LogP contribution in [0.3, 0.4) is 0 Å². The molecule has 1 aliphatic heterocycles. The molecule has 4 rings (SSSR count). The van der Waals surface area contributed by atoms with Gasteiger partial charge in [-0.15, -0.1) is 5.10 Å². The number of hydrogen-bond donors (Lipinski definition) is 0. The third kappa shape index (κ3) is 3.54. The lowest BCUT2D eigenvalue weighted by Gasteiger charge is -2.36. The number of hydrogen-bond acceptors (Lipinski definition) is 4. The summed E-state index contributed by atoms with van der Waals surface area (Å²) in [4.78, 5) is 23.6. The highest BCUT2D eigenvalue weighted by Crippen LogP contribution is 2.31. The lowest BCUT2D eigenvalue weighted by atomic mass is 9.95. The number of fused-ring (bicyclic) bond motifs is 1. The maximum atomic E-state index is 13.7. The molecule has 0 bridgehead atoms. The first kappa shape index (κ1) is 17.6. The summed E-state index contributed by atoms with van der Waals surface area (Å²) in [5.74, 6) is 0.666. The summed E-state index contributed by atoms with van der Waals surface area (Å²) < 4.78 is 15.3. The van der Waals surface area contributed by atoms with Crippen LogP contribution < -0.4 is 0 Å². The van der Waals surface area contributed by atoms with Gasteiger partial charge in [-0.25, -0.2) is 13.9 Å². The van der Waals surface area contributed by atoms with Crippen LogP contribution in [-0.2, 0) is 11.2 Å². The molecule has 6 nitrogen and oxygen atoms in total. The number of aromatic nitrogens is 4. The van der Waals surface area contributed by atoms with Crippen LogP contribution in [0, 0.1) is 19.7 Å². The maximum Gasteiger partial charge on any atom is 0.252 e. The summed E-state index contributed by atoms with van der Waals surface area (Å²) >= 11 is 0. The number of aryl methyl sites for hydroxylation is 2. The van der Waals surface area contributed by atoms with E-state index in [9.17, 15) is 9.18 Å². The minimum atomic E-state index is -0.274. The van der Waals surface area contributed by atoms with E-state index in [1.54, 1.807) is 10.6 Å². The van der Waals surface area contributed by atoms with Crippen molar-refractivity contribution in [3.63, 3.8) is 0 Å². The zero-order valence-corrected chi connectivity index (χ0v) is 15.5. The van der Waals surface area contributed by atoms with Gasteiger partial charge in [-0.2, -0.15) is 4.98 Å². The monoisotopic (exact) mass is 367 g/mol. The Labute approximate surface area is 157 Å². The van der Waals surface area contributed by atoms with Gasteiger partial charge < -0.3 is 4.90 Å². The van der Waals surface area contributed by atoms with Gasteiger partial charge in [0, 0.05) is 17.9 Å². The Morgan fingerprint density at radius 3 is 2.89 bits per heavy atom. The summed E-state index contributed by atoms with van der Waals surface area (Å²) in [5.41, 5.74) is 2.64. The normalized spacial score (nSPS) is 17.4. The molecule has 1 aromatic carbocycles. The molecule has 3 aromatic rings. The topological polar surface area (TPSA) is 63.4 Å². The molecule has 27 heavy (non-hydrogen) atoms. The van der Waals surface area contributed by atoms with Crippen molar-refractivity contribution in [2.45, 2.75) is 45.6 Å². The van der Waals surface area contributed by atoms with Crippen molar-refractivity contribution in [3.8, 4) is 0 Å². The quantitative estimate of drug-likeness (QED) is 0.713. The predicted octanol–water partition coefficient (Wildman–Crippen LogP) is 3.18. The van der Waals surface area contributed by atoms with Crippen molar-refractivity contribution in [1.29, 1.82) is 0 Å². The molecule has 0 N–H and O–H groups in total. The summed E-state index contributed by atoms with van der Waals surface area (Å²) in [6.45, 7) is 4.51. The standard InChI is InChI=1S/C20H22FN5O/c1-13-10-14(2)26-20(22-13)23-18(24-26)12-19(27)25-9-4-3-8-17(25)15-6-5-7-16(21)11-15/h5-7,10-11,17H,3-4,8-9,12H2,1-2H3/t17-/m1/s1. The van der Waals surface area contributed by atoms with Crippen LogP contribution in [0.4, 0.5) is 4.39 Å². The van der Waals surface area contributed by atoms with E-state index in [1.165, 1.54) is 12.1 Å². The Morgan fingerprint density at radius 1 is 1.22 bits per heavy atom. The minimum absolute atomic E-state index is 0.0331. The highest BCUT2D eigenvalue weighted by atomic mass is 19.1. The number of piperidine rings is 1. The molecule has 1 fully saturated rings. The van der Waals surface area contributed by atoms with Crippen LogP contribution in [0.5, 0.6) is 0 Å². The molecule has 0 aliphatic carbocycles. The fourth-order valence-corrected chi connectivity index (χ4v) is 3.81. The van der Waals surface area contributed by atoms with Gasteiger partial charge in [0.2, 0.25) is 5.91 Å². The van der Waals surface area contributed by atoms with Crippen molar-refractivity contribution in [2.24, 2.45) is 0 Å². The van der Waals surface area contributed by atoms with Gasteiger partial charge in [0.15, 0.2) is 5.82 Å². The van der Waals surface area contributed by atoms with Crippen LogP contribution in [-0.4, -0.2) is 36.9 Å². The molecule has 1 saturated heterocycles. The third-order valence-corrected chi connectivity index (χ3v) is 5.03. The summed E-state index contributed by atoms with van der Waals surface area (Å²) in [7, 11) is 0. The molecule has 0 unspecified atom stereocenters. The Hall–Kier alpha value is -2.83. The van der Waals surface area contributed by atoms with Crippen LogP contribution in [0.1, 0.15) is 48.1 Å². The molecule has 0 radical (unpaired) electrons. The SMILES string of the molecule is Cc1cc(C)n2nc(CC(=O)N3CCCC[C@@H]3c3cccc(F)c3)nc2n1. The number of benzene rings is 1. The molecule has 2 aromatic heterocycles. The zero-order valence-electron chi connectivity index (χ0n) is 15.5. The summed E-state index contributed by atoms with van der Waals surface area (Å²) in [6.07, 6.45) is 2.94. The van der Waals surface area contributed by atoms with Gasteiger partial charge in [0.1, 0.15) is 5.82 Å². The first-order valence-corrected chi connectivity index (χ1v) is 9.26. The molecule has 0 saturated carbocycles. The molecular weight excluding hydrogens is 345 g/mol. The van der Waals surface area contributed by atoms with E-state index in [4.69, 9.17) is 0 Å². The van der Waals surface area contributed by atoms with Gasteiger partial charge in [-0.05, 0) is 56.9 Å². The van der Waals surface area contributed by atoms with Crippen LogP contribution in [0.25, 0.3) is 5.78 Å². The van der Waals surface area contributed by atoms with E-state index in [-0.39, 0.29) is 24.2 Å². The Morgan fingerprint density at radius 2 is 2.07 bits per heavy atom. The molecule has 0 spiro atoms. The van der Waals surface area contributed by atoms with Crippen LogP contribution in [0.2, 0.25) is 0 Å². The summed E-state index contributed by atoms with van der Waals surface area (Å²) in [6, 6.07) is 8.37. The fourth-order valence-electron chi connectivity index (χ4n) is 3.81. The van der Waals surface area contributed by atoms with E-state index in [2.05, 4.69) is 15.1 Å². The summed E-state index contributed by atoms with van der Waals surface area (Å²) in [5, 5.41) is 4.44. The number of rotatable bonds is 3. The average Bonchev–Trinajstić information content (AvgIpc) is 3.04. The highest BCUT2D eigenvalue weighted by molar-refractivity contribution is 5.78. The number of likely N-dealkylation sites (tertiary alicyclic amines) is 1. The van der Waals surface area contributed by atoms with Crippen molar-refractivity contribution < 1.29 is 9.18 Å². The number of nitrogens with zero attached hydrogens (tertiary/aromatic N) is 5. The maximum absolute atomic E-state index is 13.7. The Bertz CT molecular complexity index is 999. The Balaban J connectivity index is 1.58. The molecule has 1 amide bonds. The van der Waals surface area contributed by atoms with Crippen LogP contribution >= 0.6 is 0 Å². The van der Waals surface area contributed by atoms with E-state index < -0.39 is 0 Å². The van der Waals surface area contributed by atoms with E-state index in [0.29, 0.717) is 18.1 Å². The molecule has 1 aliphatic rings. The molecular formula is C20H22FN5O. The third-order valence-electron chi connectivity index (χ3n) is 5.03. The smallest absolute Gasteiger partial charge is 0.252 e. The highest BCUT2D eigenvalue weighted by Gasteiger charge is 2.29. The van der Waals surface area contributed by atoms with Gasteiger partial charge in [-0.1, -0.05) is 12.1 Å². The van der Waals surface area contributed by atoms with Gasteiger partial charge in [0.05, 0.1) is 12.5 Å². The molecule has 1 atom stereocenters. The second-order valence-electron chi connectivity index (χ2n) is 7.11. The second kappa shape index (κ2) is 7.06. The number of carbonyl (C=O) groups is 1. The molecule has 7 heteroatoms.